The van der Waals surface area contributed by atoms with Gasteiger partial charge in [-0.05, 0) is 73.2 Å². The molecule has 0 fully saturated rings. The highest BCUT2D eigenvalue weighted by molar-refractivity contribution is 5.75. The van der Waals surface area contributed by atoms with E-state index in [1.807, 2.05) is 21.8 Å². The van der Waals surface area contributed by atoms with Crippen LogP contribution >= 0.6 is 0 Å². The van der Waals surface area contributed by atoms with Crippen molar-refractivity contribution in [2.75, 3.05) is 5.32 Å². The topological polar surface area (TPSA) is 47.7 Å². The Bertz CT molecular complexity index is 1100. The molecule has 0 radical (unpaired) electrons. The molecule has 5 heteroatoms. The van der Waals surface area contributed by atoms with Gasteiger partial charge in [0.05, 0.1) is 34.1 Å². The summed E-state index contributed by atoms with van der Waals surface area (Å²) in [5.41, 5.74) is 8.63. The standard InChI is InChI=1S/C26H31N5/c1-17(2)21-11-13-30(28-21)25-15-19(5)7-9-23(25)27-24-10-8-20(6)16-26(24)31-14-12-22(29-31)18(3)4/h7-18,27H,1-6H3. The van der Waals surface area contributed by atoms with E-state index in [1.165, 1.54) is 11.1 Å². The minimum atomic E-state index is 0.390. The quantitative estimate of drug-likeness (QED) is 0.384. The number of hydrogen-bond acceptors (Lipinski definition) is 3. The van der Waals surface area contributed by atoms with Crippen molar-refractivity contribution in [3.63, 3.8) is 0 Å². The minimum Gasteiger partial charge on any atom is -0.352 e. The zero-order valence-electron chi connectivity index (χ0n) is 19.2. The van der Waals surface area contributed by atoms with Gasteiger partial charge >= 0.3 is 0 Å². The second kappa shape index (κ2) is 8.42. The van der Waals surface area contributed by atoms with Crippen LogP contribution in [0.2, 0.25) is 0 Å². The van der Waals surface area contributed by atoms with E-state index < -0.39 is 0 Å². The molecule has 0 saturated heterocycles. The number of anilines is 2. The molecular weight excluding hydrogens is 382 g/mol. The fourth-order valence-corrected chi connectivity index (χ4v) is 3.58. The van der Waals surface area contributed by atoms with E-state index in [4.69, 9.17) is 10.2 Å². The van der Waals surface area contributed by atoms with Crippen molar-refractivity contribution in [2.24, 2.45) is 0 Å². The van der Waals surface area contributed by atoms with Gasteiger partial charge < -0.3 is 5.32 Å². The molecule has 5 nitrogen and oxygen atoms in total. The molecule has 0 saturated carbocycles. The maximum atomic E-state index is 4.80. The van der Waals surface area contributed by atoms with Gasteiger partial charge in [0.15, 0.2) is 0 Å². The van der Waals surface area contributed by atoms with Gasteiger partial charge in [-0.25, -0.2) is 9.36 Å². The van der Waals surface area contributed by atoms with Crippen molar-refractivity contribution >= 4 is 11.4 Å². The van der Waals surface area contributed by atoms with Crippen LogP contribution in [-0.4, -0.2) is 19.6 Å². The van der Waals surface area contributed by atoms with E-state index in [2.05, 4.69) is 95.4 Å². The van der Waals surface area contributed by atoms with Crippen molar-refractivity contribution in [3.8, 4) is 11.4 Å². The SMILES string of the molecule is Cc1ccc(Nc2ccc(C)cc2-n2ccc(C(C)C)n2)c(-n2ccc(C(C)C)n2)c1. The Morgan fingerprint density at radius 3 is 1.42 bits per heavy atom. The van der Waals surface area contributed by atoms with Gasteiger partial charge in [-0.2, -0.15) is 10.2 Å². The van der Waals surface area contributed by atoms with Crippen molar-refractivity contribution in [1.82, 2.24) is 19.6 Å². The Balaban J connectivity index is 1.76. The third-order valence-corrected chi connectivity index (χ3v) is 5.47. The maximum absolute atomic E-state index is 4.80. The minimum absolute atomic E-state index is 0.390. The third kappa shape index (κ3) is 4.41. The van der Waals surface area contributed by atoms with Gasteiger partial charge in [-0.3, -0.25) is 0 Å². The van der Waals surface area contributed by atoms with Gasteiger partial charge in [0, 0.05) is 12.4 Å². The highest BCUT2D eigenvalue weighted by Gasteiger charge is 2.13. The van der Waals surface area contributed by atoms with E-state index >= 15 is 0 Å². The van der Waals surface area contributed by atoms with Gasteiger partial charge in [-0.15, -0.1) is 0 Å². The van der Waals surface area contributed by atoms with E-state index in [0.29, 0.717) is 11.8 Å². The van der Waals surface area contributed by atoms with Gasteiger partial charge in [0.25, 0.3) is 0 Å². The summed E-state index contributed by atoms with van der Waals surface area (Å²) < 4.78 is 3.92. The van der Waals surface area contributed by atoms with Crippen molar-refractivity contribution in [2.45, 2.75) is 53.4 Å². The Morgan fingerprint density at radius 1 is 0.645 bits per heavy atom. The van der Waals surface area contributed by atoms with Crippen LogP contribution in [0.4, 0.5) is 11.4 Å². The van der Waals surface area contributed by atoms with Crippen LogP contribution in [0.15, 0.2) is 60.9 Å². The Hall–Kier alpha value is -3.34. The largest absolute Gasteiger partial charge is 0.352 e. The summed E-state index contributed by atoms with van der Waals surface area (Å²) in [6, 6.07) is 17.0. The Morgan fingerprint density at radius 2 is 1.06 bits per heavy atom. The Kier molecular flexibility index (Phi) is 5.68. The van der Waals surface area contributed by atoms with Crippen LogP contribution < -0.4 is 5.32 Å². The van der Waals surface area contributed by atoms with E-state index in [0.717, 1.165) is 34.1 Å². The highest BCUT2D eigenvalue weighted by Crippen LogP contribution is 2.30. The third-order valence-electron chi connectivity index (χ3n) is 5.47. The maximum Gasteiger partial charge on any atom is 0.0883 e. The second-order valence-corrected chi connectivity index (χ2v) is 8.85. The lowest BCUT2D eigenvalue weighted by Crippen LogP contribution is -2.06. The van der Waals surface area contributed by atoms with Crippen LogP contribution in [0.5, 0.6) is 0 Å². The summed E-state index contributed by atoms with van der Waals surface area (Å²) in [5.74, 6) is 0.780. The van der Waals surface area contributed by atoms with Crippen LogP contribution in [0.25, 0.3) is 11.4 Å². The molecule has 0 aliphatic rings. The summed E-state index contributed by atoms with van der Waals surface area (Å²) in [6.07, 6.45) is 4.07. The smallest absolute Gasteiger partial charge is 0.0883 e. The van der Waals surface area contributed by atoms with Crippen LogP contribution in [0.1, 0.15) is 62.0 Å². The van der Waals surface area contributed by atoms with Crippen molar-refractivity contribution in [1.29, 1.82) is 0 Å². The van der Waals surface area contributed by atoms with Crippen LogP contribution in [0.3, 0.4) is 0 Å². The molecule has 2 aromatic carbocycles. The molecule has 0 amide bonds. The first-order valence-electron chi connectivity index (χ1n) is 10.9. The molecule has 160 valence electrons. The average molecular weight is 414 g/mol. The van der Waals surface area contributed by atoms with E-state index in [-0.39, 0.29) is 0 Å². The lowest BCUT2D eigenvalue weighted by Gasteiger charge is -2.17. The molecule has 2 aromatic heterocycles. The number of rotatable bonds is 6. The van der Waals surface area contributed by atoms with Crippen LogP contribution in [-0.2, 0) is 0 Å². The van der Waals surface area contributed by atoms with Gasteiger partial charge in [0.1, 0.15) is 0 Å². The van der Waals surface area contributed by atoms with Crippen LogP contribution in [0, 0.1) is 13.8 Å². The first-order valence-corrected chi connectivity index (χ1v) is 10.9. The number of aryl methyl sites for hydroxylation is 2. The fourth-order valence-electron chi connectivity index (χ4n) is 3.58. The van der Waals surface area contributed by atoms with Gasteiger partial charge in [0.2, 0.25) is 0 Å². The first kappa shape index (κ1) is 20.9. The monoisotopic (exact) mass is 413 g/mol. The highest BCUT2D eigenvalue weighted by atomic mass is 15.3. The number of nitrogens with zero attached hydrogens (tertiary/aromatic N) is 4. The number of aromatic nitrogens is 4. The summed E-state index contributed by atoms with van der Waals surface area (Å²) in [6.45, 7) is 12.9. The zero-order valence-corrected chi connectivity index (χ0v) is 19.2. The lowest BCUT2D eigenvalue weighted by molar-refractivity contribution is 0.767. The fraction of sp³-hybridized carbons (Fsp3) is 0.308. The molecule has 0 unspecified atom stereocenters. The molecule has 4 rings (SSSR count). The molecule has 1 N–H and O–H groups in total. The molecule has 0 aliphatic heterocycles. The van der Waals surface area contributed by atoms with E-state index in [1.54, 1.807) is 0 Å². The normalized spacial score (nSPS) is 11.5. The summed E-state index contributed by atoms with van der Waals surface area (Å²) in [4.78, 5) is 0. The van der Waals surface area contributed by atoms with Gasteiger partial charge in [-0.1, -0.05) is 39.8 Å². The summed E-state index contributed by atoms with van der Waals surface area (Å²) in [5, 5.41) is 13.2. The van der Waals surface area contributed by atoms with Crippen molar-refractivity contribution in [3.05, 3.63) is 83.4 Å². The zero-order chi connectivity index (χ0) is 22.1. The first-order chi connectivity index (χ1) is 14.8. The number of hydrogen-bond donors (Lipinski definition) is 1. The summed E-state index contributed by atoms with van der Waals surface area (Å²) in [7, 11) is 0. The van der Waals surface area contributed by atoms with Crippen molar-refractivity contribution < 1.29 is 0 Å². The predicted molar refractivity (Wildman–Crippen MR) is 128 cm³/mol. The lowest BCUT2D eigenvalue weighted by atomic mass is 10.1. The summed E-state index contributed by atoms with van der Waals surface area (Å²) >= 11 is 0. The molecule has 0 bridgehead atoms. The Labute approximate surface area is 184 Å². The molecule has 0 spiro atoms. The van der Waals surface area contributed by atoms with E-state index in [9.17, 15) is 0 Å². The predicted octanol–water partition coefficient (Wildman–Crippen LogP) is 6.67. The molecule has 0 aliphatic carbocycles. The number of nitrogens with one attached hydrogen (secondary N) is 1. The molecule has 4 aromatic rings. The number of benzene rings is 2. The average Bonchev–Trinajstić information content (AvgIpc) is 3.40. The molecule has 0 atom stereocenters. The second-order valence-electron chi connectivity index (χ2n) is 8.85. The molecule has 2 heterocycles. The molecule has 31 heavy (non-hydrogen) atoms. The molecular formula is C26H31N5.